The number of halogens is 1. The van der Waals surface area contributed by atoms with Gasteiger partial charge in [0.25, 0.3) is 5.91 Å². The fourth-order valence-electron chi connectivity index (χ4n) is 2.33. The molecule has 0 aliphatic carbocycles. The second-order valence-corrected chi connectivity index (χ2v) is 4.78. The van der Waals surface area contributed by atoms with Crippen LogP contribution in [0.5, 0.6) is 0 Å². The highest BCUT2D eigenvalue weighted by atomic mass is 19.1. The molecule has 0 radical (unpaired) electrons. The number of aromatic nitrogens is 1. The zero-order chi connectivity index (χ0) is 14.8. The molecule has 3 rings (SSSR count). The predicted molar refractivity (Wildman–Crippen MR) is 76.7 cm³/mol. The topological polar surface area (TPSA) is 54.3 Å². The lowest BCUT2D eigenvalue weighted by atomic mass is 10.1. The van der Waals surface area contributed by atoms with E-state index >= 15 is 0 Å². The van der Waals surface area contributed by atoms with Crippen LogP contribution in [-0.2, 0) is 6.54 Å². The number of fused-ring (bicyclic) bond motifs is 1. The number of carbonyl (C=O) groups excluding carboxylic acids is 1. The van der Waals surface area contributed by atoms with E-state index in [1.165, 1.54) is 12.1 Å². The molecule has 0 spiro atoms. The molecule has 2 aromatic carbocycles. The van der Waals surface area contributed by atoms with Crippen molar-refractivity contribution in [2.45, 2.75) is 6.54 Å². The Hall–Kier alpha value is -2.66. The number of carbonyl (C=O) groups is 1. The summed E-state index contributed by atoms with van der Waals surface area (Å²) in [5.74, 6) is -0.789. The van der Waals surface area contributed by atoms with Crippen molar-refractivity contribution in [3.63, 3.8) is 0 Å². The first kappa shape index (κ1) is 13.3. The van der Waals surface area contributed by atoms with E-state index < -0.39 is 5.91 Å². The number of rotatable bonds is 3. The molecule has 0 bridgehead atoms. The first-order valence-electron chi connectivity index (χ1n) is 6.45. The smallest absolute Gasteiger partial charge is 0.274 e. The van der Waals surface area contributed by atoms with Gasteiger partial charge in [0.05, 0.1) is 0 Å². The number of nitrogens with zero attached hydrogens (tertiary/aromatic N) is 1. The summed E-state index contributed by atoms with van der Waals surface area (Å²) in [6, 6.07) is 13.5. The molecule has 0 saturated carbocycles. The maximum atomic E-state index is 13.2. The molecule has 0 aliphatic heterocycles. The molecule has 0 unspecified atom stereocenters. The Bertz CT molecular complexity index is 794. The Labute approximate surface area is 120 Å². The van der Waals surface area contributed by atoms with Gasteiger partial charge in [0.1, 0.15) is 5.82 Å². The molecule has 106 valence electrons. The fourth-order valence-corrected chi connectivity index (χ4v) is 2.33. The molecule has 21 heavy (non-hydrogen) atoms. The molecule has 0 aliphatic rings. The molecule has 1 heterocycles. The minimum Gasteiger partial charge on any atom is -0.343 e. The van der Waals surface area contributed by atoms with Gasteiger partial charge in [-0.1, -0.05) is 12.1 Å². The van der Waals surface area contributed by atoms with Gasteiger partial charge in [-0.2, -0.15) is 0 Å². The third-order valence-electron chi connectivity index (χ3n) is 3.40. The van der Waals surface area contributed by atoms with Crippen LogP contribution in [0.25, 0.3) is 10.9 Å². The Kier molecular flexibility index (Phi) is 3.41. The van der Waals surface area contributed by atoms with Crippen molar-refractivity contribution in [3.05, 3.63) is 71.7 Å². The quantitative estimate of drug-likeness (QED) is 0.574. The summed E-state index contributed by atoms with van der Waals surface area (Å²) < 4.78 is 15.2. The van der Waals surface area contributed by atoms with Crippen molar-refractivity contribution in [2.24, 2.45) is 0 Å². The maximum Gasteiger partial charge on any atom is 0.274 e. The minimum absolute atomic E-state index is 0.250. The number of hydrogen-bond donors (Lipinski definition) is 2. The lowest BCUT2D eigenvalue weighted by Crippen LogP contribution is -2.18. The van der Waals surface area contributed by atoms with E-state index in [-0.39, 0.29) is 5.82 Å². The van der Waals surface area contributed by atoms with E-state index in [0.717, 1.165) is 16.5 Å². The lowest BCUT2D eigenvalue weighted by molar-refractivity contribution is 0.0706. The number of amides is 1. The van der Waals surface area contributed by atoms with Gasteiger partial charge in [-0.05, 0) is 42.0 Å². The van der Waals surface area contributed by atoms with Gasteiger partial charge in [-0.3, -0.25) is 10.0 Å². The van der Waals surface area contributed by atoms with Crippen LogP contribution in [0.2, 0.25) is 0 Å². The highest BCUT2D eigenvalue weighted by molar-refractivity contribution is 5.93. The first-order chi connectivity index (χ1) is 10.2. The van der Waals surface area contributed by atoms with Gasteiger partial charge in [-0.15, -0.1) is 0 Å². The molecule has 3 aromatic rings. The predicted octanol–water partition coefficient (Wildman–Crippen LogP) is 2.95. The Morgan fingerprint density at radius 2 is 1.90 bits per heavy atom. The van der Waals surface area contributed by atoms with E-state index in [9.17, 15) is 9.18 Å². The van der Waals surface area contributed by atoms with Gasteiger partial charge < -0.3 is 4.57 Å². The monoisotopic (exact) mass is 284 g/mol. The van der Waals surface area contributed by atoms with Crippen LogP contribution >= 0.6 is 0 Å². The van der Waals surface area contributed by atoms with Crippen LogP contribution in [0.4, 0.5) is 4.39 Å². The van der Waals surface area contributed by atoms with E-state index in [2.05, 4.69) is 0 Å². The van der Waals surface area contributed by atoms with Crippen molar-refractivity contribution < 1.29 is 14.4 Å². The molecule has 0 fully saturated rings. The van der Waals surface area contributed by atoms with Gasteiger partial charge in [0.15, 0.2) is 0 Å². The zero-order valence-corrected chi connectivity index (χ0v) is 11.1. The largest absolute Gasteiger partial charge is 0.343 e. The lowest BCUT2D eigenvalue weighted by Gasteiger charge is -2.07. The van der Waals surface area contributed by atoms with Gasteiger partial charge in [-0.25, -0.2) is 9.87 Å². The first-order valence-corrected chi connectivity index (χ1v) is 6.45. The Balaban J connectivity index is 1.86. The van der Waals surface area contributed by atoms with E-state index in [1.807, 2.05) is 29.0 Å². The van der Waals surface area contributed by atoms with E-state index in [1.54, 1.807) is 23.7 Å². The number of benzene rings is 2. The van der Waals surface area contributed by atoms with Crippen molar-refractivity contribution in [1.82, 2.24) is 10.0 Å². The Morgan fingerprint density at radius 3 is 2.62 bits per heavy atom. The van der Waals surface area contributed by atoms with Crippen LogP contribution in [0.3, 0.4) is 0 Å². The van der Waals surface area contributed by atoms with Crippen LogP contribution in [0.1, 0.15) is 15.9 Å². The number of nitrogens with one attached hydrogen (secondary N) is 1. The van der Waals surface area contributed by atoms with Gasteiger partial charge in [0.2, 0.25) is 0 Å². The van der Waals surface area contributed by atoms with Crippen LogP contribution in [0.15, 0.2) is 54.7 Å². The van der Waals surface area contributed by atoms with Gasteiger partial charge in [0, 0.05) is 29.2 Å². The standard InChI is InChI=1S/C16H13FN2O2/c17-14-5-6-15-13(9-14)7-8-19(15)10-11-1-3-12(4-2-11)16(20)18-21/h1-9,21H,10H2,(H,18,20). The van der Waals surface area contributed by atoms with Crippen LogP contribution < -0.4 is 5.48 Å². The van der Waals surface area contributed by atoms with E-state index in [4.69, 9.17) is 5.21 Å². The average Bonchev–Trinajstić information content (AvgIpc) is 2.89. The summed E-state index contributed by atoms with van der Waals surface area (Å²) in [4.78, 5) is 11.2. The molecule has 2 N–H and O–H groups in total. The zero-order valence-electron chi connectivity index (χ0n) is 11.1. The highest BCUT2D eigenvalue weighted by Gasteiger charge is 2.05. The summed E-state index contributed by atoms with van der Waals surface area (Å²) in [5.41, 5.74) is 3.94. The third kappa shape index (κ3) is 2.64. The van der Waals surface area contributed by atoms with E-state index in [0.29, 0.717) is 12.1 Å². The molecular weight excluding hydrogens is 271 g/mol. The number of hydroxylamine groups is 1. The van der Waals surface area contributed by atoms with Crippen molar-refractivity contribution >= 4 is 16.8 Å². The second-order valence-electron chi connectivity index (χ2n) is 4.78. The van der Waals surface area contributed by atoms with Crippen molar-refractivity contribution in [2.75, 3.05) is 0 Å². The fraction of sp³-hybridized carbons (Fsp3) is 0.0625. The summed E-state index contributed by atoms with van der Waals surface area (Å²) in [6.07, 6.45) is 1.90. The summed E-state index contributed by atoms with van der Waals surface area (Å²) in [5, 5.41) is 9.42. The second kappa shape index (κ2) is 5.38. The number of hydrogen-bond acceptors (Lipinski definition) is 2. The SMILES string of the molecule is O=C(NO)c1ccc(Cn2ccc3cc(F)ccc32)cc1. The molecule has 5 heteroatoms. The molecule has 1 amide bonds. The average molecular weight is 284 g/mol. The summed E-state index contributed by atoms with van der Waals surface area (Å²) >= 11 is 0. The summed E-state index contributed by atoms with van der Waals surface area (Å²) in [6.45, 7) is 0.621. The van der Waals surface area contributed by atoms with Crippen molar-refractivity contribution in [3.8, 4) is 0 Å². The maximum absolute atomic E-state index is 13.2. The van der Waals surface area contributed by atoms with Gasteiger partial charge >= 0.3 is 0 Å². The molecule has 0 atom stereocenters. The minimum atomic E-state index is -0.538. The normalized spacial score (nSPS) is 10.8. The highest BCUT2D eigenvalue weighted by Crippen LogP contribution is 2.18. The third-order valence-corrected chi connectivity index (χ3v) is 3.40. The summed E-state index contributed by atoms with van der Waals surface area (Å²) in [7, 11) is 0. The Morgan fingerprint density at radius 1 is 1.14 bits per heavy atom. The molecule has 0 saturated heterocycles. The van der Waals surface area contributed by atoms with Crippen molar-refractivity contribution in [1.29, 1.82) is 0 Å². The molecule has 1 aromatic heterocycles. The molecular formula is C16H13FN2O2. The molecule has 4 nitrogen and oxygen atoms in total. The van der Waals surface area contributed by atoms with Crippen LogP contribution in [-0.4, -0.2) is 15.7 Å². The van der Waals surface area contributed by atoms with Crippen LogP contribution in [0, 0.1) is 5.82 Å².